The Morgan fingerprint density at radius 3 is 2.75 bits per heavy atom. The number of nitrogens with zero attached hydrogens (tertiary/aromatic N) is 1. The van der Waals surface area contributed by atoms with Crippen molar-refractivity contribution in [1.29, 1.82) is 0 Å². The van der Waals surface area contributed by atoms with Gasteiger partial charge in [-0.2, -0.15) is 0 Å². The summed E-state index contributed by atoms with van der Waals surface area (Å²) in [5.74, 6) is -1.54. The van der Waals surface area contributed by atoms with Gasteiger partial charge >= 0.3 is 0 Å². The minimum Gasteiger partial charge on any atom is -0.325 e. The molecule has 2 amide bonds. The summed E-state index contributed by atoms with van der Waals surface area (Å²) in [6, 6.07) is 11.3. The van der Waals surface area contributed by atoms with E-state index in [4.69, 9.17) is 11.6 Å². The number of carbonyl (C=O) groups is 2. The molecule has 1 N–H and O–H groups in total. The van der Waals surface area contributed by atoms with E-state index in [0.29, 0.717) is 10.7 Å². The van der Waals surface area contributed by atoms with Crippen LogP contribution in [0.4, 0.5) is 15.8 Å². The van der Waals surface area contributed by atoms with Gasteiger partial charge < -0.3 is 10.2 Å². The Kier molecular flexibility index (Phi) is 4.53. The van der Waals surface area contributed by atoms with E-state index in [2.05, 4.69) is 5.32 Å². The number of rotatable bonds is 3. The lowest BCUT2D eigenvalue weighted by Crippen LogP contribution is -2.28. The predicted molar refractivity (Wildman–Crippen MR) is 91.7 cm³/mol. The molecule has 2 aromatic carbocycles. The molecule has 6 heteroatoms. The van der Waals surface area contributed by atoms with Gasteiger partial charge in [-0.05, 0) is 36.8 Å². The average Bonchev–Trinajstić information content (AvgIpc) is 2.94. The molecule has 1 saturated heterocycles. The second-order valence-electron chi connectivity index (χ2n) is 5.76. The number of amides is 2. The number of carbonyl (C=O) groups excluding carboxylic acids is 2. The molecule has 0 spiro atoms. The fraction of sp³-hybridized carbons (Fsp3) is 0.222. The molecule has 124 valence electrons. The predicted octanol–water partition coefficient (Wildman–Crippen LogP) is 3.78. The van der Waals surface area contributed by atoms with Crippen molar-refractivity contribution in [3.63, 3.8) is 0 Å². The number of nitrogens with one attached hydrogen (secondary N) is 1. The van der Waals surface area contributed by atoms with Crippen LogP contribution in [0.25, 0.3) is 0 Å². The Labute approximate surface area is 144 Å². The molecule has 0 radical (unpaired) electrons. The third-order valence-electron chi connectivity index (χ3n) is 4.16. The number of hydrogen-bond acceptors (Lipinski definition) is 2. The zero-order chi connectivity index (χ0) is 17.3. The first-order valence-electron chi connectivity index (χ1n) is 7.58. The highest BCUT2D eigenvalue weighted by Crippen LogP contribution is 2.29. The SMILES string of the molecule is Cc1c(Cl)cccc1NC(=O)C1CC(=O)N(c2ccccc2F)C1. The van der Waals surface area contributed by atoms with Gasteiger partial charge in [0.25, 0.3) is 0 Å². The molecule has 4 nitrogen and oxygen atoms in total. The third-order valence-corrected chi connectivity index (χ3v) is 4.57. The van der Waals surface area contributed by atoms with Crippen LogP contribution in [-0.2, 0) is 9.59 Å². The highest BCUT2D eigenvalue weighted by Gasteiger charge is 2.36. The van der Waals surface area contributed by atoms with Gasteiger partial charge in [-0.1, -0.05) is 29.8 Å². The van der Waals surface area contributed by atoms with E-state index in [1.807, 2.05) is 6.92 Å². The van der Waals surface area contributed by atoms with Crippen molar-refractivity contribution in [3.8, 4) is 0 Å². The molecule has 3 rings (SSSR count). The molecule has 2 aromatic rings. The molecule has 1 aliphatic heterocycles. The molecule has 1 aliphatic rings. The van der Waals surface area contributed by atoms with Crippen LogP contribution in [0.1, 0.15) is 12.0 Å². The van der Waals surface area contributed by atoms with Crippen molar-refractivity contribution in [2.45, 2.75) is 13.3 Å². The average molecular weight is 347 g/mol. The smallest absolute Gasteiger partial charge is 0.229 e. The molecule has 0 aliphatic carbocycles. The van der Waals surface area contributed by atoms with E-state index in [9.17, 15) is 14.0 Å². The summed E-state index contributed by atoms with van der Waals surface area (Å²) in [4.78, 5) is 26.0. The van der Waals surface area contributed by atoms with E-state index >= 15 is 0 Å². The molecule has 1 atom stereocenters. The first-order chi connectivity index (χ1) is 11.5. The molecule has 24 heavy (non-hydrogen) atoms. The summed E-state index contributed by atoms with van der Waals surface area (Å²) in [5.41, 5.74) is 1.59. The van der Waals surface area contributed by atoms with Crippen molar-refractivity contribution < 1.29 is 14.0 Å². The van der Waals surface area contributed by atoms with E-state index in [0.717, 1.165) is 5.56 Å². The summed E-state index contributed by atoms with van der Waals surface area (Å²) in [6.45, 7) is 1.97. The summed E-state index contributed by atoms with van der Waals surface area (Å²) < 4.78 is 13.9. The van der Waals surface area contributed by atoms with Gasteiger partial charge in [0.1, 0.15) is 5.82 Å². The standard InChI is InChI=1S/C18H16ClFN2O2/c1-11-13(19)5-4-7-15(11)21-18(24)12-9-17(23)22(10-12)16-8-3-2-6-14(16)20/h2-8,12H,9-10H2,1H3,(H,21,24). The van der Waals surface area contributed by atoms with Crippen LogP contribution in [0.2, 0.25) is 5.02 Å². The largest absolute Gasteiger partial charge is 0.325 e. The number of hydrogen-bond donors (Lipinski definition) is 1. The van der Waals surface area contributed by atoms with Gasteiger partial charge in [-0.15, -0.1) is 0 Å². The summed E-state index contributed by atoms with van der Waals surface area (Å²) >= 11 is 6.05. The molecule has 0 aromatic heterocycles. The van der Waals surface area contributed by atoms with Gasteiger partial charge in [0.2, 0.25) is 11.8 Å². The Bertz CT molecular complexity index is 809. The fourth-order valence-corrected chi connectivity index (χ4v) is 2.94. The van der Waals surface area contributed by atoms with Crippen molar-refractivity contribution in [3.05, 3.63) is 58.9 Å². The van der Waals surface area contributed by atoms with Crippen molar-refractivity contribution >= 4 is 34.8 Å². The summed E-state index contributed by atoms with van der Waals surface area (Å²) in [7, 11) is 0. The highest BCUT2D eigenvalue weighted by atomic mass is 35.5. The number of benzene rings is 2. The Balaban J connectivity index is 1.75. The minimum absolute atomic E-state index is 0.0553. The maximum Gasteiger partial charge on any atom is 0.229 e. The van der Waals surface area contributed by atoms with Crippen LogP contribution in [0.5, 0.6) is 0 Å². The lowest BCUT2D eigenvalue weighted by Gasteiger charge is -2.17. The van der Waals surface area contributed by atoms with Crippen LogP contribution in [0.3, 0.4) is 0 Å². The van der Waals surface area contributed by atoms with Gasteiger partial charge in [0.15, 0.2) is 0 Å². The molecule has 1 fully saturated rings. The van der Waals surface area contributed by atoms with Crippen LogP contribution < -0.4 is 10.2 Å². The second kappa shape index (κ2) is 6.61. The van der Waals surface area contributed by atoms with Gasteiger partial charge in [0, 0.05) is 23.7 Å². The normalized spacial score (nSPS) is 17.2. The summed E-state index contributed by atoms with van der Waals surface area (Å²) in [5, 5.41) is 3.36. The van der Waals surface area contributed by atoms with E-state index in [1.165, 1.54) is 17.0 Å². The van der Waals surface area contributed by atoms with Crippen molar-refractivity contribution in [1.82, 2.24) is 0 Å². The van der Waals surface area contributed by atoms with Crippen LogP contribution in [0, 0.1) is 18.7 Å². The van der Waals surface area contributed by atoms with E-state index in [1.54, 1.807) is 30.3 Å². The van der Waals surface area contributed by atoms with Gasteiger partial charge in [-0.3, -0.25) is 9.59 Å². The van der Waals surface area contributed by atoms with Gasteiger partial charge in [-0.25, -0.2) is 4.39 Å². The van der Waals surface area contributed by atoms with Crippen LogP contribution in [0.15, 0.2) is 42.5 Å². The first kappa shape index (κ1) is 16.5. The second-order valence-corrected chi connectivity index (χ2v) is 6.17. The molecular weight excluding hydrogens is 331 g/mol. The van der Waals surface area contributed by atoms with Crippen LogP contribution in [-0.4, -0.2) is 18.4 Å². The lowest BCUT2D eigenvalue weighted by molar-refractivity contribution is -0.122. The van der Waals surface area contributed by atoms with Crippen LogP contribution >= 0.6 is 11.6 Å². The zero-order valence-electron chi connectivity index (χ0n) is 13.1. The Morgan fingerprint density at radius 2 is 2.00 bits per heavy atom. The Morgan fingerprint density at radius 1 is 1.25 bits per heavy atom. The molecular formula is C18H16ClFN2O2. The number of anilines is 2. The van der Waals surface area contributed by atoms with Crippen molar-refractivity contribution in [2.24, 2.45) is 5.92 Å². The third kappa shape index (κ3) is 3.12. The summed E-state index contributed by atoms with van der Waals surface area (Å²) in [6.07, 6.45) is 0.0553. The maximum absolute atomic E-state index is 13.9. The van der Waals surface area contributed by atoms with Crippen molar-refractivity contribution in [2.75, 3.05) is 16.8 Å². The minimum atomic E-state index is -0.532. The molecule has 0 bridgehead atoms. The number of halogens is 2. The molecule has 0 saturated carbocycles. The fourth-order valence-electron chi connectivity index (χ4n) is 2.76. The zero-order valence-corrected chi connectivity index (χ0v) is 13.8. The van der Waals surface area contributed by atoms with E-state index in [-0.39, 0.29) is 30.5 Å². The van der Waals surface area contributed by atoms with Gasteiger partial charge in [0.05, 0.1) is 11.6 Å². The first-order valence-corrected chi connectivity index (χ1v) is 7.96. The van der Waals surface area contributed by atoms with E-state index < -0.39 is 11.7 Å². The highest BCUT2D eigenvalue weighted by molar-refractivity contribution is 6.31. The molecule has 1 heterocycles. The topological polar surface area (TPSA) is 49.4 Å². The Hall–Kier alpha value is -2.40. The monoisotopic (exact) mass is 346 g/mol. The molecule has 1 unspecified atom stereocenters. The maximum atomic E-state index is 13.9. The number of para-hydroxylation sites is 1. The quantitative estimate of drug-likeness (QED) is 0.919. The lowest BCUT2D eigenvalue weighted by atomic mass is 10.1.